The van der Waals surface area contributed by atoms with Crippen molar-refractivity contribution in [2.75, 3.05) is 5.32 Å². The first-order chi connectivity index (χ1) is 12.1. The molecule has 1 amide bonds. The molecule has 4 aliphatic rings. The minimum atomic E-state index is -0.222. The second kappa shape index (κ2) is 5.37. The average molecular weight is 353 g/mol. The fourth-order valence-corrected chi connectivity index (χ4v) is 6.67. The molecule has 5 heteroatoms. The third-order valence-corrected chi connectivity index (χ3v) is 7.39. The summed E-state index contributed by atoms with van der Waals surface area (Å²) in [6.45, 7) is 2.14. The van der Waals surface area contributed by atoms with Gasteiger partial charge in [0, 0.05) is 0 Å². The first kappa shape index (κ1) is 15.5. The van der Waals surface area contributed by atoms with Gasteiger partial charge in [-0.25, -0.2) is 0 Å². The third-order valence-electron chi connectivity index (χ3n) is 6.79. The van der Waals surface area contributed by atoms with Crippen LogP contribution in [-0.4, -0.2) is 16.1 Å². The van der Waals surface area contributed by atoms with E-state index in [1.165, 1.54) is 41.7 Å². The largest absolute Gasteiger partial charge is 0.300 e. The molecule has 4 bridgehead atoms. The van der Waals surface area contributed by atoms with Crippen LogP contribution in [0.3, 0.4) is 0 Å². The maximum Gasteiger partial charge on any atom is 0.232 e. The standard InChI is InChI=1S/C20H23N3OS/c1-13-2-4-16(5-3-13)19-7-14-6-15(8-19)10-20(9-14,11-19)17(24)22-18-23-21-12-25-18/h2-5,12,14-15H,6-11H2,1H3,(H,22,23,24). The van der Waals surface area contributed by atoms with Gasteiger partial charge in [-0.15, -0.1) is 10.2 Å². The molecule has 130 valence electrons. The number of nitrogens with one attached hydrogen (secondary N) is 1. The molecule has 4 nitrogen and oxygen atoms in total. The number of amides is 1. The van der Waals surface area contributed by atoms with Gasteiger partial charge in [-0.2, -0.15) is 0 Å². The summed E-state index contributed by atoms with van der Waals surface area (Å²) in [4.78, 5) is 13.2. The number of rotatable bonds is 3. The van der Waals surface area contributed by atoms with Crippen molar-refractivity contribution in [1.29, 1.82) is 0 Å². The molecule has 1 heterocycles. The molecule has 25 heavy (non-hydrogen) atoms. The maximum atomic E-state index is 13.2. The first-order valence-corrected chi connectivity index (χ1v) is 10.1. The molecule has 0 spiro atoms. The van der Waals surface area contributed by atoms with Crippen LogP contribution in [0, 0.1) is 24.2 Å². The SMILES string of the molecule is Cc1ccc(C23CC4CC(CC(C(=O)Nc5nncs5)(C4)C2)C3)cc1. The van der Waals surface area contributed by atoms with Crippen molar-refractivity contribution < 1.29 is 4.79 Å². The Morgan fingerprint density at radius 2 is 1.88 bits per heavy atom. The summed E-state index contributed by atoms with van der Waals surface area (Å²) in [6, 6.07) is 9.06. The minimum Gasteiger partial charge on any atom is -0.300 e. The van der Waals surface area contributed by atoms with Crippen LogP contribution in [0.5, 0.6) is 0 Å². The Morgan fingerprint density at radius 1 is 1.16 bits per heavy atom. The number of carbonyl (C=O) groups is 1. The molecule has 1 aromatic heterocycles. The zero-order chi connectivity index (χ0) is 17.1. The van der Waals surface area contributed by atoms with Gasteiger partial charge in [-0.1, -0.05) is 41.2 Å². The lowest BCUT2D eigenvalue weighted by Crippen LogP contribution is -2.57. The molecule has 4 fully saturated rings. The van der Waals surface area contributed by atoms with Crippen LogP contribution in [0.25, 0.3) is 0 Å². The van der Waals surface area contributed by atoms with Crippen LogP contribution in [0.1, 0.15) is 49.7 Å². The predicted octanol–water partition coefficient (Wildman–Crippen LogP) is 4.32. The molecule has 4 aliphatic carbocycles. The number of hydrogen-bond acceptors (Lipinski definition) is 4. The zero-order valence-corrected chi connectivity index (χ0v) is 15.3. The van der Waals surface area contributed by atoms with Crippen LogP contribution in [-0.2, 0) is 10.2 Å². The Hall–Kier alpha value is -1.75. The van der Waals surface area contributed by atoms with E-state index in [-0.39, 0.29) is 16.7 Å². The van der Waals surface area contributed by atoms with Crippen molar-refractivity contribution in [2.24, 2.45) is 17.3 Å². The van der Waals surface area contributed by atoms with Crippen LogP contribution in [0.2, 0.25) is 0 Å². The number of aryl methyl sites for hydroxylation is 1. The Balaban J connectivity index is 1.50. The Labute approximate surface area is 152 Å². The third kappa shape index (κ3) is 2.43. The zero-order valence-electron chi connectivity index (χ0n) is 14.5. The maximum absolute atomic E-state index is 13.2. The molecule has 0 aliphatic heterocycles. The van der Waals surface area contributed by atoms with Gasteiger partial charge < -0.3 is 5.32 Å². The monoisotopic (exact) mass is 353 g/mol. The Bertz CT molecular complexity index is 785. The second-order valence-corrected chi connectivity index (χ2v) is 9.42. The molecular formula is C20H23N3OS. The summed E-state index contributed by atoms with van der Waals surface area (Å²) < 4.78 is 0. The molecule has 1 aromatic carbocycles. The first-order valence-electron chi connectivity index (χ1n) is 9.22. The van der Waals surface area contributed by atoms with E-state index in [0.717, 1.165) is 19.3 Å². The van der Waals surface area contributed by atoms with Crippen molar-refractivity contribution in [1.82, 2.24) is 10.2 Å². The lowest BCUT2D eigenvalue weighted by Gasteiger charge is -2.61. The van der Waals surface area contributed by atoms with E-state index in [0.29, 0.717) is 17.0 Å². The molecular weight excluding hydrogens is 330 g/mol. The van der Waals surface area contributed by atoms with Crippen LogP contribution >= 0.6 is 11.3 Å². The number of benzene rings is 1. The number of aromatic nitrogens is 2. The van der Waals surface area contributed by atoms with Gasteiger partial charge in [0.25, 0.3) is 0 Å². The molecule has 4 saturated carbocycles. The summed E-state index contributed by atoms with van der Waals surface area (Å²) in [5.41, 5.74) is 4.39. The van der Waals surface area contributed by atoms with Crippen molar-refractivity contribution in [3.8, 4) is 0 Å². The number of carbonyl (C=O) groups excluding carboxylic acids is 1. The van der Waals surface area contributed by atoms with E-state index in [1.807, 2.05) is 0 Å². The molecule has 0 saturated heterocycles. The summed E-state index contributed by atoms with van der Waals surface area (Å²) in [6.07, 6.45) is 6.88. The van der Waals surface area contributed by atoms with Crippen molar-refractivity contribution >= 4 is 22.4 Å². The van der Waals surface area contributed by atoms with Crippen LogP contribution < -0.4 is 5.32 Å². The van der Waals surface area contributed by atoms with Gasteiger partial charge in [-0.3, -0.25) is 4.79 Å². The Kier molecular flexibility index (Phi) is 3.33. The highest BCUT2D eigenvalue weighted by molar-refractivity contribution is 7.13. The molecule has 6 rings (SSSR count). The lowest BCUT2D eigenvalue weighted by atomic mass is 9.42. The second-order valence-electron chi connectivity index (χ2n) is 8.59. The van der Waals surface area contributed by atoms with Gasteiger partial charge in [-0.05, 0) is 68.3 Å². The summed E-state index contributed by atoms with van der Waals surface area (Å²) >= 11 is 1.40. The fourth-order valence-electron chi connectivity index (χ4n) is 6.23. The fraction of sp³-hybridized carbons (Fsp3) is 0.550. The van der Waals surface area contributed by atoms with Crippen molar-refractivity contribution in [2.45, 2.75) is 50.9 Å². The van der Waals surface area contributed by atoms with E-state index < -0.39 is 0 Å². The van der Waals surface area contributed by atoms with Gasteiger partial charge in [0.2, 0.25) is 11.0 Å². The quantitative estimate of drug-likeness (QED) is 0.894. The van der Waals surface area contributed by atoms with Gasteiger partial charge in [0.15, 0.2) is 0 Å². The number of nitrogens with zero attached hydrogens (tertiary/aromatic N) is 2. The van der Waals surface area contributed by atoms with E-state index >= 15 is 0 Å². The van der Waals surface area contributed by atoms with E-state index in [4.69, 9.17) is 0 Å². The lowest BCUT2D eigenvalue weighted by molar-refractivity contribution is -0.143. The highest BCUT2D eigenvalue weighted by Gasteiger charge is 2.60. The van der Waals surface area contributed by atoms with Gasteiger partial charge in [0.05, 0.1) is 5.41 Å². The van der Waals surface area contributed by atoms with E-state index in [1.54, 1.807) is 5.51 Å². The smallest absolute Gasteiger partial charge is 0.232 e. The molecule has 0 radical (unpaired) electrons. The molecule has 2 unspecified atom stereocenters. The topological polar surface area (TPSA) is 54.9 Å². The molecule has 2 atom stereocenters. The van der Waals surface area contributed by atoms with E-state index in [9.17, 15) is 4.79 Å². The predicted molar refractivity (Wildman–Crippen MR) is 98.5 cm³/mol. The van der Waals surface area contributed by atoms with Crippen LogP contribution in [0.4, 0.5) is 5.13 Å². The number of hydrogen-bond donors (Lipinski definition) is 1. The van der Waals surface area contributed by atoms with Gasteiger partial charge in [0.1, 0.15) is 5.51 Å². The molecule has 2 aromatic rings. The minimum absolute atomic E-state index is 0.176. The summed E-state index contributed by atoms with van der Waals surface area (Å²) in [5, 5.41) is 11.5. The normalized spacial score (nSPS) is 35.7. The summed E-state index contributed by atoms with van der Waals surface area (Å²) in [5.74, 6) is 1.54. The Morgan fingerprint density at radius 3 is 2.52 bits per heavy atom. The highest BCUT2D eigenvalue weighted by atomic mass is 32.1. The average Bonchev–Trinajstić information content (AvgIpc) is 3.07. The van der Waals surface area contributed by atoms with Gasteiger partial charge >= 0.3 is 0 Å². The van der Waals surface area contributed by atoms with Crippen molar-refractivity contribution in [3.63, 3.8) is 0 Å². The number of anilines is 1. The summed E-state index contributed by atoms with van der Waals surface area (Å²) in [7, 11) is 0. The van der Waals surface area contributed by atoms with Crippen LogP contribution in [0.15, 0.2) is 29.8 Å². The van der Waals surface area contributed by atoms with Crippen molar-refractivity contribution in [3.05, 3.63) is 40.9 Å². The highest BCUT2D eigenvalue weighted by Crippen LogP contribution is 2.66. The molecule has 1 N–H and O–H groups in total. The van der Waals surface area contributed by atoms with E-state index in [2.05, 4.69) is 46.7 Å².